The molecule has 1 rings (SSSR count). The highest BCUT2D eigenvalue weighted by Gasteiger charge is 2.17. The van der Waals surface area contributed by atoms with Crippen LogP contribution in [-0.4, -0.2) is 49.7 Å². The van der Waals surface area contributed by atoms with E-state index < -0.39 is 0 Å². The minimum Gasteiger partial charge on any atom is -0.380 e. The van der Waals surface area contributed by atoms with Crippen LogP contribution >= 0.6 is 12.4 Å². The molecule has 1 N–H and O–H groups in total. The molecule has 0 aliphatic carbocycles. The number of hydrogen-bond donors (Lipinski definition) is 1. The lowest BCUT2D eigenvalue weighted by Gasteiger charge is -2.21. The average molecular weight is 279 g/mol. The Morgan fingerprint density at radius 1 is 1.44 bits per heavy atom. The van der Waals surface area contributed by atoms with Gasteiger partial charge in [-0.3, -0.25) is 4.79 Å². The summed E-state index contributed by atoms with van der Waals surface area (Å²) >= 11 is 0. The quantitative estimate of drug-likeness (QED) is 0.689. The van der Waals surface area contributed by atoms with Crippen LogP contribution in [0.3, 0.4) is 0 Å². The van der Waals surface area contributed by atoms with Crippen LogP contribution in [-0.2, 0) is 9.53 Å². The molecule has 1 heterocycles. The Morgan fingerprint density at radius 2 is 2.22 bits per heavy atom. The molecule has 1 aliphatic rings. The van der Waals surface area contributed by atoms with Gasteiger partial charge in [0.25, 0.3) is 0 Å². The lowest BCUT2D eigenvalue weighted by Crippen LogP contribution is -2.35. The van der Waals surface area contributed by atoms with E-state index in [1.54, 1.807) is 0 Å². The fourth-order valence-corrected chi connectivity index (χ4v) is 2.24. The molecule has 1 amide bonds. The zero-order valence-corrected chi connectivity index (χ0v) is 12.4. The van der Waals surface area contributed by atoms with E-state index in [2.05, 4.69) is 5.32 Å². The summed E-state index contributed by atoms with van der Waals surface area (Å²) in [6, 6.07) is 0.560. The van der Waals surface area contributed by atoms with E-state index in [9.17, 15) is 4.79 Å². The fraction of sp³-hybridized carbons (Fsp3) is 0.923. The normalized spacial score (nSPS) is 18.4. The molecule has 4 nitrogen and oxygen atoms in total. The number of halogens is 1. The molecule has 1 saturated heterocycles. The second kappa shape index (κ2) is 10.6. The number of hydrogen-bond acceptors (Lipinski definition) is 3. The second-order valence-electron chi connectivity index (χ2n) is 4.50. The van der Waals surface area contributed by atoms with Gasteiger partial charge in [0.15, 0.2) is 0 Å². The van der Waals surface area contributed by atoms with Crippen molar-refractivity contribution in [2.24, 2.45) is 0 Å². The highest BCUT2D eigenvalue weighted by atomic mass is 35.5. The van der Waals surface area contributed by atoms with Crippen LogP contribution in [0, 0.1) is 0 Å². The zero-order chi connectivity index (χ0) is 12.5. The number of ether oxygens (including phenoxy) is 1. The first-order chi connectivity index (χ1) is 8.27. The molecular weight excluding hydrogens is 252 g/mol. The van der Waals surface area contributed by atoms with Crippen LogP contribution in [0.1, 0.15) is 39.5 Å². The third kappa shape index (κ3) is 6.57. The van der Waals surface area contributed by atoms with Crippen molar-refractivity contribution in [2.75, 3.05) is 32.8 Å². The molecule has 0 aromatic heterocycles. The van der Waals surface area contributed by atoms with Crippen molar-refractivity contribution < 1.29 is 9.53 Å². The molecule has 108 valence electrons. The maximum absolute atomic E-state index is 12.0. The van der Waals surface area contributed by atoms with Gasteiger partial charge in [-0.25, -0.2) is 0 Å². The molecule has 1 fully saturated rings. The molecule has 1 aliphatic heterocycles. The van der Waals surface area contributed by atoms with Crippen LogP contribution in [0.25, 0.3) is 0 Å². The van der Waals surface area contributed by atoms with Crippen molar-refractivity contribution in [3.8, 4) is 0 Å². The number of carbonyl (C=O) groups is 1. The first-order valence-corrected chi connectivity index (χ1v) is 6.86. The summed E-state index contributed by atoms with van der Waals surface area (Å²) in [5.41, 5.74) is 0. The summed E-state index contributed by atoms with van der Waals surface area (Å²) in [6.07, 6.45) is 4.11. The fourth-order valence-electron chi connectivity index (χ4n) is 2.24. The van der Waals surface area contributed by atoms with E-state index in [1.165, 1.54) is 12.8 Å². The monoisotopic (exact) mass is 278 g/mol. The predicted molar refractivity (Wildman–Crippen MR) is 76.3 cm³/mol. The van der Waals surface area contributed by atoms with Crippen molar-refractivity contribution >= 4 is 18.3 Å². The topological polar surface area (TPSA) is 41.6 Å². The van der Waals surface area contributed by atoms with E-state index in [-0.39, 0.29) is 18.3 Å². The third-order valence-corrected chi connectivity index (χ3v) is 3.31. The lowest BCUT2D eigenvalue weighted by molar-refractivity contribution is -0.132. The zero-order valence-electron chi connectivity index (χ0n) is 11.6. The van der Waals surface area contributed by atoms with Crippen LogP contribution in [0.5, 0.6) is 0 Å². The Kier molecular flexibility index (Phi) is 10.4. The van der Waals surface area contributed by atoms with E-state index >= 15 is 0 Å². The van der Waals surface area contributed by atoms with E-state index in [0.717, 1.165) is 32.7 Å². The van der Waals surface area contributed by atoms with Gasteiger partial charge in [-0.05, 0) is 39.7 Å². The van der Waals surface area contributed by atoms with Gasteiger partial charge in [0, 0.05) is 32.2 Å². The van der Waals surface area contributed by atoms with E-state index in [1.807, 2.05) is 18.7 Å². The molecule has 1 atom stereocenters. The van der Waals surface area contributed by atoms with Crippen molar-refractivity contribution in [1.82, 2.24) is 10.2 Å². The summed E-state index contributed by atoms with van der Waals surface area (Å²) in [7, 11) is 0. The summed E-state index contributed by atoms with van der Waals surface area (Å²) in [5, 5.41) is 3.43. The maximum atomic E-state index is 12.0. The highest BCUT2D eigenvalue weighted by molar-refractivity contribution is 5.85. The summed E-state index contributed by atoms with van der Waals surface area (Å²) in [5.74, 6) is 0.265. The minimum atomic E-state index is 0. The summed E-state index contributed by atoms with van der Waals surface area (Å²) in [4.78, 5) is 13.9. The SMILES string of the molecule is CCOCCN(CC)C(=O)CCC1CCCN1.Cl. The van der Waals surface area contributed by atoms with Crippen molar-refractivity contribution in [1.29, 1.82) is 0 Å². The Hall–Kier alpha value is -0.320. The Balaban J connectivity index is 0.00000289. The number of nitrogens with zero attached hydrogens (tertiary/aromatic N) is 1. The molecule has 0 radical (unpaired) electrons. The standard InChI is InChI=1S/C13H26N2O2.ClH/c1-3-15(10-11-17-4-2)13(16)8-7-12-6-5-9-14-12;/h12,14H,3-11H2,1-2H3;1H. The third-order valence-electron chi connectivity index (χ3n) is 3.31. The van der Waals surface area contributed by atoms with Gasteiger partial charge in [-0.15, -0.1) is 12.4 Å². The van der Waals surface area contributed by atoms with E-state index in [4.69, 9.17) is 4.74 Å². The van der Waals surface area contributed by atoms with E-state index in [0.29, 0.717) is 19.1 Å². The number of likely N-dealkylation sites (N-methyl/N-ethyl adjacent to an activating group) is 1. The van der Waals surface area contributed by atoms with Crippen LogP contribution in [0.2, 0.25) is 0 Å². The summed E-state index contributed by atoms with van der Waals surface area (Å²) < 4.78 is 5.29. The average Bonchev–Trinajstić information content (AvgIpc) is 2.85. The van der Waals surface area contributed by atoms with Crippen LogP contribution < -0.4 is 5.32 Å². The highest BCUT2D eigenvalue weighted by Crippen LogP contribution is 2.11. The van der Waals surface area contributed by atoms with Gasteiger partial charge >= 0.3 is 0 Å². The molecule has 0 aromatic rings. The van der Waals surface area contributed by atoms with Crippen molar-refractivity contribution in [2.45, 2.75) is 45.6 Å². The van der Waals surface area contributed by atoms with Gasteiger partial charge < -0.3 is 15.0 Å². The Bertz CT molecular complexity index is 221. The molecule has 5 heteroatoms. The molecule has 18 heavy (non-hydrogen) atoms. The van der Waals surface area contributed by atoms with Gasteiger partial charge in [0.1, 0.15) is 0 Å². The van der Waals surface area contributed by atoms with Gasteiger partial charge in [0.05, 0.1) is 6.61 Å². The first kappa shape index (κ1) is 17.7. The largest absolute Gasteiger partial charge is 0.380 e. The molecule has 1 unspecified atom stereocenters. The Labute approximate surface area is 117 Å². The number of amides is 1. The van der Waals surface area contributed by atoms with Gasteiger partial charge in [-0.1, -0.05) is 0 Å². The van der Waals surface area contributed by atoms with Crippen LogP contribution in [0.15, 0.2) is 0 Å². The predicted octanol–water partition coefficient (Wildman–Crippen LogP) is 1.83. The number of nitrogens with one attached hydrogen (secondary N) is 1. The molecule has 0 bridgehead atoms. The number of carbonyl (C=O) groups excluding carboxylic acids is 1. The maximum Gasteiger partial charge on any atom is 0.222 e. The van der Waals surface area contributed by atoms with Crippen molar-refractivity contribution in [3.63, 3.8) is 0 Å². The second-order valence-corrected chi connectivity index (χ2v) is 4.50. The molecule has 0 saturated carbocycles. The lowest BCUT2D eigenvalue weighted by atomic mass is 10.1. The molecular formula is C13H27ClN2O2. The first-order valence-electron chi connectivity index (χ1n) is 6.86. The Morgan fingerprint density at radius 3 is 2.78 bits per heavy atom. The van der Waals surface area contributed by atoms with Crippen LogP contribution in [0.4, 0.5) is 0 Å². The molecule has 0 spiro atoms. The minimum absolute atomic E-state index is 0. The van der Waals surface area contributed by atoms with Gasteiger partial charge in [0.2, 0.25) is 5.91 Å². The smallest absolute Gasteiger partial charge is 0.222 e. The molecule has 0 aromatic carbocycles. The number of rotatable bonds is 8. The summed E-state index contributed by atoms with van der Waals surface area (Å²) in [6.45, 7) is 7.99. The van der Waals surface area contributed by atoms with Gasteiger partial charge in [-0.2, -0.15) is 0 Å². The van der Waals surface area contributed by atoms with Crippen molar-refractivity contribution in [3.05, 3.63) is 0 Å².